The number of hydrogen-bond acceptors (Lipinski definition) is 3. The Morgan fingerprint density at radius 1 is 1.21 bits per heavy atom. The van der Waals surface area contributed by atoms with Crippen molar-refractivity contribution in [1.29, 1.82) is 0 Å². The van der Waals surface area contributed by atoms with Crippen molar-refractivity contribution < 1.29 is 18.3 Å². The van der Waals surface area contributed by atoms with E-state index in [1.807, 2.05) is 13.1 Å². The van der Waals surface area contributed by atoms with E-state index in [0.717, 1.165) is 5.56 Å². The van der Waals surface area contributed by atoms with Gasteiger partial charge in [-0.15, -0.1) is 0 Å². The van der Waals surface area contributed by atoms with Gasteiger partial charge in [-0.25, -0.2) is 4.79 Å². The number of nitrogens with zero attached hydrogens (tertiary/aromatic N) is 2. The highest BCUT2D eigenvalue weighted by Crippen LogP contribution is 2.20. The average Bonchev–Trinajstić information content (AvgIpc) is 2.93. The number of nitrogens with one attached hydrogen (secondary N) is 2. The van der Waals surface area contributed by atoms with Crippen LogP contribution in [-0.4, -0.2) is 22.4 Å². The molecule has 1 aromatic heterocycles. The molecule has 2 aromatic rings. The van der Waals surface area contributed by atoms with E-state index < -0.39 is 6.61 Å². The van der Waals surface area contributed by atoms with Gasteiger partial charge in [-0.05, 0) is 31.5 Å². The highest BCUT2D eigenvalue weighted by molar-refractivity contribution is 5.74. The summed E-state index contributed by atoms with van der Waals surface area (Å²) in [5, 5.41) is 9.62. The van der Waals surface area contributed by atoms with Crippen molar-refractivity contribution >= 4 is 6.03 Å². The minimum absolute atomic E-state index is 0.0558. The molecule has 2 N–H and O–H groups in total. The first-order valence-corrected chi connectivity index (χ1v) is 7.45. The third-order valence-corrected chi connectivity index (χ3v) is 3.50. The van der Waals surface area contributed by atoms with Gasteiger partial charge in [-0.2, -0.15) is 13.9 Å². The molecule has 0 fully saturated rings. The zero-order valence-electron chi connectivity index (χ0n) is 13.7. The van der Waals surface area contributed by atoms with Crippen LogP contribution in [-0.2, 0) is 7.05 Å². The van der Waals surface area contributed by atoms with Crippen molar-refractivity contribution in [1.82, 2.24) is 20.4 Å². The molecule has 0 saturated heterocycles. The fourth-order valence-corrected chi connectivity index (χ4v) is 2.23. The van der Waals surface area contributed by atoms with Crippen molar-refractivity contribution in [3.63, 3.8) is 0 Å². The standard InChI is InChI=1S/C16H20F2N4O2/c1-10(12-5-4-6-14(7-12)24-15(17)18)20-16(23)21-11(2)13-8-19-22(3)9-13/h4-11,15H,1-3H3,(H2,20,21,23)/t10-,11-/m1/s1. The second-order valence-electron chi connectivity index (χ2n) is 5.46. The molecule has 8 heteroatoms. The molecule has 0 unspecified atom stereocenters. The number of ether oxygens (including phenoxy) is 1. The molecule has 0 aliphatic carbocycles. The van der Waals surface area contributed by atoms with Crippen LogP contribution in [0.25, 0.3) is 0 Å². The van der Waals surface area contributed by atoms with Crippen LogP contribution >= 0.6 is 0 Å². The Bertz CT molecular complexity index is 690. The quantitative estimate of drug-likeness (QED) is 0.850. The van der Waals surface area contributed by atoms with E-state index in [2.05, 4.69) is 20.5 Å². The lowest BCUT2D eigenvalue weighted by molar-refractivity contribution is -0.0499. The Hall–Kier alpha value is -2.64. The summed E-state index contributed by atoms with van der Waals surface area (Å²) in [6.07, 6.45) is 3.50. The number of amides is 2. The van der Waals surface area contributed by atoms with Crippen LogP contribution in [0.15, 0.2) is 36.7 Å². The lowest BCUT2D eigenvalue weighted by Gasteiger charge is -2.18. The summed E-state index contributed by atoms with van der Waals surface area (Å²) in [5.74, 6) is 0.0558. The van der Waals surface area contributed by atoms with Crippen molar-refractivity contribution in [2.45, 2.75) is 32.5 Å². The van der Waals surface area contributed by atoms with Crippen LogP contribution in [0, 0.1) is 0 Å². The molecule has 2 amide bonds. The Kier molecular flexibility index (Phi) is 5.73. The van der Waals surface area contributed by atoms with E-state index in [-0.39, 0.29) is 23.9 Å². The fraction of sp³-hybridized carbons (Fsp3) is 0.375. The molecule has 2 rings (SSSR count). The first-order valence-electron chi connectivity index (χ1n) is 7.45. The number of alkyl halides is 2. The molecule has 0 saturated carbocycles. The first-order chi connectivity index (χ1) is 11.3. The number of urea groups is 1. The number of benzene rings is 1. The van der Waals surface area contributed by atoms with E-state index in [1.54, 1.807) is 37.0 Å². The Labute approximate surface area is 138 Å². The number of hydrogen-bond donors (Lipinski definition) is 2. The molecule has 2 atom stereocenters. The normalized spacial score (nSPS) is 13.4. The minimum atomic E-state index is -2.88. The molecule has 6 nitrogen and oxygen atoms in total. The molecule has 0 spiro atoms. The van der Waals surface area contributed by atoms with Gasteiger partial charge in [0.2, 0.25) is 0 Å². The molecule has 1 heterocycles. The van der Waals surface area contributed by atoms with Crippen LogP contribution in [0.1, 0.15) is 37.1 Å². The summed E-state index contributed by atoms with van der Waals surface area (Å²) in [6, 6.07) is 5.30. The van der Waals surface area contributed by atoms with Gasteiger partial charge in [-0.1, -0.05) is 12.1 Å². The topological polar surface area (TPSA) is 68.2 Å². The predicted molar refractivity (Wildman–Crippen MR) is 84.8 cm³/mol. The maximum atomic E-state index is 12.3. The van der Waals surface area contributed by atoms with Gasteiger partial charge < -0.3 is 15.4 Å². The summed E-state index contributed by atoms with van der Waals surface area (Å²) in [5.41, 5.74) is 1.55. The maximum Gasteiger partial charge on any atom is 0.387 e. The summed E-state index contributed by atoms with van der Waals surface area (Å²) >= 11 is 0. The predicted octanol–water partition coefficient (Wildman–Crippen LogP) is 3.14. The molecule has 0 aliphatic heterocycles. The Morgan fingerprint density at radius 3 is 2.46 bits per heavy atom. The van der Waals surface area contributed by atoms with Gasteiger partial charge in [0.15, 0.2) is 0 Å². The largest absolute Gasteiger partial charge is 0.435 e. The molecular weight excluding hydrogens is 318 g/mol. The number of carbonyl (C=O) groups excluding carboxylic acids is 1. The number of halogens is 2. The lowest BCUT2D eigenvalue weighted by atomic mass is 10.1. The molecule has 0 radical (unpaired) electrons. The van der Waals surface area contributed by atoms with Gasteiger partial charge in [0.1, 0.15) is 5.75 Å². The van der Waals surface area contributed by atoms with Crippen LogP contribution in [0.2, 0.25) is 0 Å². The summed E-state index contributed by atoms with van der Waals surface area (Å²) in [4.78, 5) is 12.1. The highest BCUT2D eigenvalue weighted by atomic mass is 19.3. The van der Waals surface area contributed by atoms with E-state index in [0.29, 0.717) is 5.56 Å². The Balaban J connectivity index is 1.93. The minimum Gasteiger partial charge on any atom is -0.435 e. The van der Waals surface area contributed by atoms with Gasteiger partial charge in [0.25, 0.3) is 0 Å². The third kappa shape index (κ3) is 4.94. The number of aromatic nitrogens is 2. The van der Waals surface area contributed by atoms with Crippen molar-refractivity contribution in [2.75, 3.05) is 0 Å². The highest BCUT2D eigenvalue weighted by Gasteiger charge is 2.15. The second-order valence-corrected chi connectivity index (χ2v) is 5.46. The maximum absolute atomic E-state index is 12.3. The van der Waals surface area contributed by atoms with Crippen molar-refractivity contribution in [3.05, 3.63) is 47.8 Å². The zero-order valence-corrected chi connectivity index (χ0v) is 13.7. The van der Waals surface area contributed by atoms with Crippen LogP contribution in [0.5, 0.6) is 5.75 Å². The molecule has 0 bridgehead atoms. The van der Waals surface area contributed by atoms with Crippen LogP contribution in [0.3, 0.4) is 0 Å². The number of rotatable bonds is 6. The molecule has 24 heavy (non-hydrogen) atoms. The van der Waals surface area contributed by atoms with Gasteiger partial charge in [0.05, 0.1) is 18.3 Å². The Morgan fingerprint density at radius 2 is 1.88 bits per heavy atom. The third-order valence-electron chi connectivity index (χ3n) is 3.50. The number of aryl methyl sites for hydroxylation is 1. The van der Waals surface area contributed by atoms with Gasteiger partial charge in [-0.3, -0.25) is 4.68 Å². The summed E-state index contributed by atoms with van der Waals surface area (Å²) < 4.78 is 30.5. The lowest BCUT2D eigenvalue weighted by Crippen LogP contribution is -2.38. The van der Waals surface area contributed by atoms with E-state index in [1.165, 1.54) is 12.1 Å². The number of carbonyl (C=O) groups is 1. The first kappa shape index (κ1) is 17.7. The van der Waals surface area contributed by atoms with Gasteiger partial charge in [0, 0.05) is 18.8 Å². The average molecular weight is 338 g/mol. The monoisotopic (exact) mass is 338 g/mol. The zero-order chi connectivity index (χ0) is 17.7. The van der Waals surface area contributed by atoms with E-state index >= 15 is 0 Å². The van der Waals surface area contributed by atoms with Crippen LogP contribution < -0.4 is 15.4 Å². The summed E-state index contributed by atoms with van der Waals surface area (Å²) in [7, 11) is 1.80. The van der Waals surface area contributed by atoms with E-state index in [9.17, 15) is 13.6 Å². The SMILES string of the molecule is C[C@@H](NC(=O)N[C@H](C)c1cnn(C)c1)c1cccc(OC(F)F)c1. The van der Waals surface area contributed by atoms with Crippen LogP contribution in [0.4, 0.5) is 13.6 Å². The molecule has 0 aliphatic rings. The van der Waals surface area contributed by atoms with Crippen molar-refractivity contribution in [2.24, 2.45) is 7.05 Å². The van der Waals surface area contributed by atoms with Crippen molar-refractivity contribution in [3.8, 4) is 5.75 Å². The molecular formula is C16H20F2N4O2. The summed E-state index contributed by atoms with van der Waals surface area (Å²) in [6.45, 7) is 0.723. The smallest absolute Gasteiger partial charge is 0.387 e. The second kappa shape index (κ2) is 7.76. The molecule has 1 aromatic carbocycles. The fourth-order valence-electron chi connectivity index (χ4n) is 2.23. The van der Waals surface area contributed by atoms with E-state index in [4.69, 9.17) is 0 Å². The van der Waals surface area contributed by atoms with Gasteiger partial charge >= 0.3 is 12.6 Å². The molecule has 130 valence electrons.